The number of rotatable bonds is 1. The third-order valence-corrected chi connectivity index (χ3v) is 3.20. The van der Waals surface area contributed by atoms with Gasteiger partial charge >= 0.3 is 0 Å². The largest absolute Gasteiger partial charge is 0.278 e. The van der Waals surface area contributed by atoms with Crippen molar-refractivity contribution in [2.24, 2.45) is 0 Å². The van der Waals surface area contributed by atoms with E-state index in [9.17, 15) is 0 Å². The Morgan fingerprint density at radius 1 is 1.00 bits per heavy atom. The van der Waals surface area contributed by atoms with Crippen LogP contribution in [0.15, 0.2) is 24.8 Å². The molecule has 0 unspecified atom stereocenters. The molecule has 3 aromatic heterocycles. The lowest BCUT2D eigenvalue weighted by molar-refractivity contribution is 1.11. The molecule has 0 atom stereocenters. The molecule has 0 aliphatic heterocycles. The van der Waals surface area contributed by atoms with E-state index in [4.69, 9.17) is 34.8 Å². The van der Waals surface area contributed by atoms with E-state index in [-0.39, 0.29) is 5.15 Å². The maximum atomic E-state index is 6.08. The van der Waals surface area contributed by atoms with E-state index in [2.05, 4.69) is 20.2 Å². The number of hydrogen-bond acceptors (Lipinski definition) is 4. The predicted molar refractivity (Wildman–Crippen MR) is 69.0 cm³/mol. The molecule has 18 heavy (non-hydrogen) atoms. The molecule has 0 bridgehead atoms. The molecule has 3 aromatic rings. The third kappa shape index (κ3) is 1.71. The maximum absolute atomic E-state index is 6.08. The lowest BCUT2D eigenvalue weighted by Gasteiger charge is -2.04. The highest BCUT2D eigenvalue weighted by Crippen LogP contribution is 2.33. The van der Waals surface area contributed by atoms with Crippen molar-refractivity contribution >= 4 is 40.4 Å². The van der Waals surface area contributed by atoms with E-state index in [1.54, 1.807) is 16.8 Å². The SMILES string of the molecule is Clc1cncc(Cl)c1-c1nnc2c(Cl)nccn12. The topological polar surface area (TPSA) is 56.0 Å². The standard InChI is InChI=1S/C10H4Cl3N5/c11-5-3-14-4-6(12)7(5)9-16-17-10-8(13)15-1-2-18(9)10/h1-4H. The van der Waals surface area contributed by atoms with Crippen LogP contribution in [0.3, 0.4) is 0 Å². The minimum absolute atomic E-state index is 0.262. The fourth-order valence-corrected chi connectivity index (χ4v) is 2.31. The quantitative estimate of drug-likeness (QED) is 0.693. The molecule has 0 amide bonds. The number of nitrogens with zero attached hydrogens (tertiary/aromatic N) is 5. The van der Waals surface area contributed by atoms with Gasteiger partial charge < -0.3 is 0 Å². The van der Waals surface area contributed by atoms with Crippen LogP contribution < -0.4 is 0 Å². The second kappa shape index (κ2) is 4.35. The van der Waals surface area contributed by atoms with E-state index < -0.39 is 0 Å². The number of pyridine rings is 1. The van der Waals surface area contributed by atoms with Gasteiger partial charge in [0.05, 0.1) is 15.6 Å². The molecule has 3 heterocycles. The summed E-state index contributed by atoms with van der Waals surface area (Å²) in [5.41, 5.74) is 1.00. The first kappa shape index (κ1) is 11.6. The zero-order valence-electron chi connectivity index (χ0n) is 8.68. The summed E-state index contributed by atoms with van der Waals surface area (Å²) in [6, 6.07) is 0. The monoisotopic (exact) mass is 299 g/mol. The summed E-state index contributed by atoms with van der Waals surface area (Å²) in [5, 5.41) is 9.05. The van der Waals surface area contributed by atoms with Crippen LogP contribution in [-0.4, -0.2) is 24.6 Å². The first-order chi connectivity index (χ1) is 8.68. The normalized spacial score (nSPS) is 11.1. The Balaban J connectivity index is 2.36. The molecule has 0 spiro atoms. The molecule has 0 aromatic carbocycles. The van der Waals surface area contributed by atoms with E-state index in [1.165, 1.54) is 12.4 Å². The Morgan fingerprint density at radius 2 is 1.72 bits per heavy atom. The van der Waals surface area contributed by atoms with E-state index in [1.807, 2.05) is 0 Å². The fraction of sp³-hybridized carbons (Fsp3) is 0. The van der Waals surface area contributed by atoms with Crippen molar-refractivity contribution in [2.75, 3.05) is 0 Å². The van der Waals surface area contributed by atoms with Crippen molar-refractivity contribution < 1.29 is 0 Å². The van der Waals surface area contributed by atoms with Crippen LogP contribution in [0.4, 0.5) is 0 Å². The molecule has 3 rings (SSSR count). The van der Waals surface area contributed by atoms with Crippen LogP contribution in [-0.2, 0) is 0 Å². The Morgan fingerprint density at radius 3 is 2.44 bits per heavy atom. The second-order valence-electron chi connectivity index (χ2n) is 3.41. The molecule has 0 saturated heterocycles. The molecule has 0 N–H and O–H groups in total. The molecule has 5 nitrogen and oxygen atoms in total. The van der Waals surface area contributed by atoms with Gasteiger partial charge in [0.1, 0.15) is 0 Å². The van der Waals surface area contributed by atoms with Gasteiger partial charge in [0.2, 0.25) is 0 Å². The average Bonchev–Trinajstić information content (AvgIpc) is 2.75. The number of aromatic nitrogens is 5. The third-order valence-electron chi connectivity index (χ3n) is 2.36. The highest BCUT2D eigenvalue weighted by Gasteiger charge is 2.16. The predicted octanol–water partition coefficient (Wildman–Crippen LogP) is 3.15. The van der Waals surface area contributed by atoms with Crippen molar-refractivity contribution in [1.29, 1.82) is 0 Å². The minimum Gasteiger partial charge on any atom is -0.278 e. The zero-order chi connectivity index (χ0) is 12.7. The van der Waals surface area contributed by atoms with Gasteiger partial charge in [-0.2, -0.15) is 0 Å². The summed E-state index contributed by atoms with van der Waals surface area (Å²) >= 11 is 18.1. The summed E-state index contributed by atoms with van der Waals surface area (Å²) in [5.74, 6) is 0.492. The summed E-state index contributed by atoms with van der Waals surface area (Å²) in [7, 11) is 0. The Kier molecular flexibility index (Phi) is 2.81. The van der Waals surface area contributed by atoms with Gasteiger partial charge in [-0.25, -0.2) is 4.98 Å². The Bertz CT molecular complexity index is 719. The van der Waals surface area contributed by atoms with E-state index in [0.717, 1.165) is 0 Å². The Hall–Kier alpha value is -1.43. The molecule has 0 radical (unpaired) electrons. The minimum atomic E-state index is 0.262. The summed E-state index contributed by atoms with van der Waals surface area (Å²) in [6.07, 6.45) is 6.22. The zero-order valence-corrected chi connectivity index (χ0v) is 10.9. The molecular formula is C10H4Cl3N5. The van der Waals surface area contributed by atoms with Gasteiger partial charge in [-0.3, -0.25) is 9.38 Å². The molecule has 0 aliphatic rings. The van der Waals surface area contributed by atoms with Gasteiger partial charge in [-0.05, 0) is 0 Å². The Labute approximate surface area is 116 Å². The van der Waals surface area contributed by atoms with Gasteiger partial charge in [0.25, 0.3) is 0 Å². The van der Waals surface area contributed by atoms with Crippen LogP contribution in [0.25, 0.3) is 17.0 Å². The lowest BCUT2D eigenvalue weighted by atomic mass is 10.2. The van der Waals surface area contributed by atoms with Crippen LogP contribution in [0.1, 0.15) is 0 Å². The van der Waals surface area contributed by atoms with E-state index >= 15 is 0 Å². The highest BCUT2D eigenvalue weighted by molar-refractivity contribution is 6.38. The van der Waals surface area contributed by atoms with Crippen LogP contribution in [0.2, 0.25) is 15.2 Å². The van der Waals surface area contributed by atoms with Crippen LogP contribution >= 0.6 is 34.8 Å². The van der Waals surface area contributed by atoms with Gasteiger partial charge in [0.15, 0.2) is 16.6 Å². The fourth-order valence-electron chi connectivity index (χ4n) is 1.59. The van der Waals surface area contributed by atoms with E-state index in [0.29, 0.717) is 27.1 Å². The molecular weight excluding hydrogens is 297 g/mol. The molecule has 0 saturated carbocycles. The van der Waals surface area contributed by atoms with Gasteiger partial charge in [0, 0.05) is 24.8 Å². The van der Waals surface area contributed by atoms with Crippen molar-refractivity contribution in [3.8, 4) is 11.4 Å². The molecule has 8 heteroatoms. The molecule has 0 fully saturated rings. The van der Waals surface area contributed by atoms with Gasteiger partial charge in [-0.15, -0.1) is 10.2 Å². The average molecular weight is 301 g/mol. The number of halogens is 3. The molecule has 90 valence electrons. The lowest BCUT2D eigenvalue weighted by Crippen LogP contribution is -1.93. The summed E-state index contributed by atoms with van der Waals surface area (Å²) < 4.78 is 1.67. The molecule has 0 aliphatic carbocycles. The highest BCUT2D eigenvalue weighted by atomic mass is 35.5. The van der Waals surface area contributed by atoms with Crippen LogP contribution in [0.5, 0.6) is 0 Å². The number of fused-ring (bicyclic) bond motifs is 1. The van der Waals surface area contributed by atoms with Crippen molar-refractivity contribution in [1.82, 2.24) is 24.6 Å². The van der Waals surface area contributed by atoms with Crippen LogP contribution in [0, 0.1) is 0 Å². The summed E-state index contributed by atoms with van der Waals surface area (Å²) in [6.45, 7) is 0. The number of hydrogen-bond donors (Lipinski definition) is 0. The van der Waals surface area contributed by atoms with Gasteiger partial charge in [-0.1, -0.05) is 34.8 Å². The first-order valence-electron chi connectivity index (χ1n) is 4.83. The second-order valence-corrected chi connectivity index (χ2v) is 4.59. The first-order valence-corrected chi connectivity index (χ1v) is 5.96. The van der Waals surface area contributed by atoms with Crippen molar-refractivity contribution in [3.05, 3.63) is 40.0 Å². The smallest absolute Gasteiger partial charge is 0.198 e. The maximum Gasteiger partial charge on any atom is 0.198 e. The van der Waals surface area contributed by atoms with Crippen molar-refractivity contribution in [3.63, 3.8) is 0 Å². The van der Waals surface area contributed by atoms with Crippen molar-refractivity contribution in [2.45, 2.75) is 0 Å². The summed E-state index contributed by atoms with van der Waals surface area (Å²) in [4.78, 5) is 7.82.